The van der Waals surface area contributed by atoms with Crippen LogP contribution in [-0.4, -0.2) is 26.4 Å². The maximum Gasteiger partial charge on any atom is 0.204 e. The molecule has 1 aromatic carbocycles. The highest BCUT2D eigenvalue weighted by Gasteiger charge is 2.18. The van der Waals surface area contributed by atoms with Crippen molar-refractivity contribution in [2.75, 3.05) is 21.3 Å². The first kappa shape index (κ1) is 13.2. The number of hydrogen-bond acceptors (Lipinski definition) is 4. The molecule has 0 saturated heterocycles. The molecule has 0 saturated carbocycles. The largest absolute Gasteiger partial charge is 0.507 e. The molecular weight excluding hydrogens is 220 g/mol. The van der Waals surface area contributed by atoms with E-state index in [0.29, 0.717) is 22.8 Å². The minimum Gasteiger partial charge on any atom is -0.507 e. The van der Waals surface area contributed by atoms with Gasteiger partial charge in [0.15, 0.2) is 11.5 Å². The molecule has 0 aliphatic carbocycles. The summed E-state index contributed by atoms with van der Waals surface area (Å²) in [6, 6.07) is 1.51. The van der Waals surface area contributed by atoms with Crippen LogP contribution < -0.4 is 14.2 Å². The topological polar surface area (TPSA) is 47.9 Å². The minimum absolute atomic E-state index is 0.0979. The molecule has 17 heavy (non-hydrogen) atoms. The smallest absolute Gasteiger partial charge is 0.204 e. The van der Waals surface area contributed by atoms with Crippen LogP contribution in [0.5, 0.6) is 23.0 Å². The van der Waals surface area contributed by atoms with E-state index < -0.39 is 0 Å². The zero-order valence-corrected chi connectivity index (χ0v) is 10.8. The van der Waals surface area contributed by atoms with Crippen molar-refractivity contribution in [3.05, 3.63) is 17.2 Å². The Kier molecular flexibility index (Phi) is 4.26. The van der Waals surface area contributed by atoms with E-state index in [4.69, 9.17) is 14.2 Å². The Morgan fingerprint density at radius 1 is 1.06 bits per heavy atom. The molecule has 4 heteroatoms. The van der Waals surface area contributed by atoms with Gasteiger partial charge in [0.25, 0.3) is 0 Å². The Labute approximate surface area is 101 Å². The van der Waals surface area contributed by atoms with Crippen LogP contribution in [0, 0.1) is 0 Å². The molecule has 0 unspecified atom stereocenters. The van der Waals surface area contributed by atoms with E-state index in [1.807, 2.05) is 19.9 Å². The van der Waals surface area contributed by atoms with Gasteiger partial charge in [0.05, 0.1) is 26.9 Å². The number of hydrogen-bond donors (Lipinski definition) is 1. The van der Waals surface area contributed by atoms with E-state index in [2.05, 4.69) is 0 Å². The van der Waals surface area contributed by atoms with Crippen molar-refractivity contribution in [1.29, 1.82) is 0 Å². The van der Waals surface area contributed by atoms with Crippen molar-refractivity contribution in [2.45, 2.75) is 13.8 Å². The normalized spacial score (nSPS) is 9.71. The molecule has 0 aromatic heterocycles. The summed E-state index contributed by atoms with van der Waals surface area (Å²) in [4.78, 5) is 0. The van der Waals surface area contributed by atoms with Crippen LogP contribution in [0.25, 0.3) is 6.08 Å². The van der Waals surface area contributed by atoms with E-state index in [1.165, 1.54) is 27.4 Å². The highest BCUT2D eigenvalue weighted by Crippen LogP contribution is 2.45. The maximum atomic E-state index is 9.94. The molecule has 1 rings (SSSR count). The number of benzene rings is 1. The number of rotatable bonds is 4. The lowest BCUT2D eigenvalue weighted by atomic mass is 10.1. The molecule has 0 heterocycles. The molecule has 0 spiro atoms. The fourth-order valence-corrected chi connectivity index (χ4v) is 1.59. The van der Waals surface area contributed by atoms with Crippen molar-refractivity contribution in [3.8, 4) is 23.0 Å². The van der Waals surface area contributed by atoms with Gasteiger partial charge >= 0.3 is 0 Å². The molecule has 0 atom stereocenters. The van der Waals surface area contributed by atoms with Gasteiger partial charge in [-0.15, -0.1) is 0 Å². The van der Waals surface area contributed by atoms with Gasteiger partial charge in [0, 0.05) is 6.07 Å². The number of phenolic OH excluding ortho intramolecular Hbond substituents is 1. The van der Waals surface area contributed by atoms with E-state index in [-0.39, 0.29) is 5.75 Å². The van der Waals surface area contributed by atoms with Crippen LogP contribution in [0.1, 0.15) is 19.4 Å². The molecule has 0 aliphatic rings. The van der Waals surface area contributed by atoms with E-state index in [1.54, 1.807) is 0 Å². The molecule has 0 radical (unpaired) electrons. The lowest BCUT2D eigenvalue weighted by Gasteiger charge is -2.15. The predicted molar refractivity (Wildman–Crippen MR) is 67.1 cm³/mol. The summed E-state index contributed by atoms with van der Waals surface area (Å²) in [5.41, 5.74) is 1.64. The number of phenols is 1. The quantitative estimate of drug-likeness (QED) is 0.876. The Hall–Kier alpha value is -1.84. The Balaban J connectivity index is 3.54. The maximum absolute atomic E-state index is 9.94. The second kappa shape index (κ2) is 5.48. The minimum atomic E-state index is 0.0979. The van der Waals surface area contributed by atoms with Gasteiger partial charge in [-0.1, -0.05) is 5.57 Å². The number of allylic oxidation sites excluding steroid dienone is 1. The lowest BCUT2D eigenvalue weighted by Crippen LogP contribution is -1.97. The summed E-state index contributed by atoms with van der Waals surface area (Å²) in [5.74, 6) is 1.47. The number of aromatic hydroxyl groups is 1. The van der Waals surface area contributed by atoms with Crippen LogP contribution in [-0.2, 0) is 0 Å². The van der Waals surface area contributed by atoms with Crippen LogP contribution in [0.4, 0.5) is 0 Å². The van der Waals surface area contributed by atoms with Gasteiger partial charge in [0.2, 0.25) is 5.75 Å². The van der Waals surface area contributed by atoms with E-state index in [0.717, 1.165) is 5.57 Å². The molecule has 0 aliphatic heterocycles. The number of ether oxygens (including phenoxy) is 3. The first-order valence-electron chi connectivity index (χ1n) is 5.22. The van der Waals surface area contributed by atoms with Crippen molar-refractivity contribution in [2.24, 2.45) is 0 Å². The monoisotopic (exact) mass is 238 g/mol. The third-order valence-electron chi connectivity index (χ3n) is 2.28. The van der Waals surface area contributed by atoms with Gasteiger partial charge in [-0.2, -0.15) is 0 Å². The Morgan fingerprint density at radius 3 is 2.06 bits per heavy atom. The van der Waals surface area contributed by atoms with Crippen molar-refractivity contribution < 1.29 is 19.3 Å². The number of methoxy groups -OCH3 is 3. The van der Waals surface area contributed by atoms with Crippen LogP contribution >= 0.6 is 0 Å². The van der Waals surface area contributed by atoms with Gasteiger partial charge in [-0.05, 0) is 19.9 Å². The zero-order chi connectivity index (χ0) is 13.0. The fourth-order valence-electron chi connectivity index (χ4n) is 1.59. The zero-order valence-electron chi connectivity index (χ0n) is 10.8. The Bertz CT molecular complexity index is 432. The van der Waals surface area contributed by atoms with Crippen LogP contribution in [0.3, 0.4) is 0 Å². The predicted octanol–water partition coefficient (Wildman–Crippen LogP) is 2.84. The van der Waals surface area contributed by atoms with Crippen molar-refractivity contribution in [3.63, 3.8) is 0 Å². The first-order valence-corrected chi connectivity index (χ1v) is 5.22. The SMILES string of the molecule is COc1cc(O)c(C=C(C)C)c(OC)c1OC. The molecule has 94 valence electrons. The average molecular weight is 238 g/mol. The van der Waals surface area contributed by atoms with Crippen LogP contribution in [0.15, 0.2) is 11.6 Å². The van der Waals surface area contributed by atoms with Gasteiger partial charge < -0.3 is 19.3 Å². The summed E-state index contributed by atoms with van der Waals surface area (Å²) in [6.07, 6.45) is 1.83. The molecular formula is C13H18O4. The second-order valence-corrected chi connectivity index (χ2v) is 3.80. The highest BCUT2D eigenvalue weighted by molar-refractivity contribution is 5.72. The highest BCUT2D eigenvalue weighted by atomic mass is 16.5. The van der Waals surface area contributed by atoms with Crippen molar-refractivity contribution >= 4 is 6.08 Å². The molecule has 0 bridgehead atoms. The van der Waals surface area contributed by atoms with E-state index in [9.17, 15) is 5.11 Å². The summed E-state index contributed by atoms with van der Waals surface area (Å²) in [6.45, 7) is 3.88. The fraction of sp³-hybridized carbons (Fsp3) is 0.385. The molecule has 4 nitrogen and oxygen atoms in total. The summed E-state index contributed by atoms with van der Waals surface area (Å²) in [7, 11) is 4.57. The van der Waals surface area contributed by atoms with Gasteiger partial charge in [-0.3, -0.25) is 0 Å². The van der Waals surface area contributed by atoms with Crippen LogP contribution in [0.2, 0.25) is 0 Å². The average Bonchev–Trinajstić information content (AvgIpc) is 2.30. The van der Waals surface area contributed by atoms with Gasteiger partial charge in [-0.25, -0.2) is 0 Å². The second-order valence-electron chi connectivity index (χ2n) is 3.80. The summed E-state index contributed by atoms with van der Waals surface area (Å²) in [5, 5.41) is 9.94. The van der Waals surface area contributed by atoms with Gasteiger partial charge in [0.1, 0.15) is 5.75 Å². The van der Waals surface area contributed by atoms with Crippen molar-refractivity contribution in [1.82, 2.24) is 0 Å². The first-order chi connectivity index (χ1) is 8.04. The third-order valence-corrected chi connectivity index (χ3v) is 2.28. The standard InChI is InChI=1S/C13H18O4/c1-8(2)6-9-10(14)7-11(15-3)13(17-5)12(9)16-4/h6-7,14H,1-5H3. The summed E-state index contributed by atoms with van der Waals surface area (Å²) >= 11 is 0. The molecule has 0 amide bonds. The summed E-state index contributed by atoms with van der Waals surface area (Å²) < 4.78 is 15.7. The van der Waals surface area contributed by atoms with E-state index >= 15 is 0 Å². The Morgan fingerprint density at radius 2 is 1.65 bits per heavy atom. The molecule has 1 aromatic rings. The third kappa shape index (κ3) is 2.64. The molecule has 0 fully saturated rings. The lowest BCUT2D eigenvalue weighted by molar-refractivity contribution is 0.320. The molecule has 1 N–H and O–H groups in total.